The molecule has 0 aliphatic carbocycles. The molecule has 3 rings (SSSR count). The second-order valence-electron chi connectivity index (χ2n) is 4.53. The van der Waals surface area contributed by atoms with E-state index >= 15 is 0 Å². The summed E-state index contributed by atoms with van der Waals surface area (Å²) in [6.45, 7) is 0. The van der Waals surface area contributed by atoms with E-state index in [2.05, 4.69) is 4.98 Å². The number of aromatic nitrogens is 1. The molecule has 1 aromatic carbocycles. The summed E-state index contributed by atoms with van der Waals surface area (Å²) < 4.78 is 10.2. The van der Waals surface area contributed by atoms with Crippen molar-refractivity contribution in [2.45, 2.75) is 5.88 Å². The van der Waals surface area contributed by atoms with Crippen LogP contribution in [0.15, 0.2) is 58.0 Å². The molecule has 121 valence electrons. The van der Waals surface area contributed by atoms with E-state index in [0.717, 1.165) is 5.56 Å². The minimum absolute atomic E-state index is 0. The van der Waals surface area contributed by atoms with Gasteiger partial charge in [0.2, 0.25) is 0 Å². The number of alkyl halides is 1. The Hall–Kier alpha value is -1.56. The summed E-state index contributed by atoms with van der Waals surface area (Å²) in [6.07, 6.45) is 2.93. The number of pyridine rings is 1. The van der Waals surface area contributed by atoms with Crippen LogP contribution >= 0.6 is 11.6 Å². The van der Waals surface area contributed by atoms with Crippen molar-refractivity contribution in [3.8, 4) is 5.75 Å². The summed E-state index contributed by atoms with van der Waals surface area (Å²) >= 11 is 5.78. The molecule has 0 amide bonds. The Kier molecular flexibility index (Phi) is 7.74. The maximum Gasteiger partial charge on any atom is 0.351 e. The van der Waals surface area contributed by atoms with Crippen molar-refractivity contribution >= 4 is 28.5 Å². The number of carbonyl (C=O) groups is 1. The van der Waals surface area contributed by atoms with Gasteiger partial charge in [-0.3, -0.25) is 4.98 Å². The standard InChI is InChI=1S/C16H10ClNO4.CH3.Y/c17-8-10-3-4-14-11(6-10)7-13(16(20)22-14)15(19)21-12-2-1-5-18-9-12;;/h1-7,9H,8H2;1H3;/q;-1;. The molecular weight excluding hydrogens is 407 g/mol. The van der Waals surface area contributed by atoms with Gasteiger partial charge in [-0.25, -0.2) is 9.59 Å². The van der Waals surface area contributed by atoms with Crippen molar-refractivity contribution < 1.29 is 46.7 Å². The number of esters is 1. The van der Waals surface area contributed by atoms with Crippen molar-refractivity contribution in [2.24, 2.45) is 0 Å². The molecule has 0 saturated heterocycles. The summed E-state index contributed by atoms with van der Waals surface area (Å²) in [4.78, 5) is 27.8. The van der Waals surface area contributed by atoms with Gasteiger partial charge >= 0.3 is 11.6 Å². The van der Waals surface area contributed by atoms with Crippen LogP contribution in [0, 0.1) is 7.43 Å². The van der Waals surface area contributed by atoms with Crippen LogP contribution < -0.4 is 10.4 Å². The van der Waals surface area contributed by atoms with Crippen LogP contribution in [0.3, 0.4) is 0 Å². The summed E-state index contributed by atoms with van der Waals surface area (Å²) in [6, 6.07) is 9.79. The van der Waals surface area contributed by atoms with Crippen LogP contribution in [0.1, 0.15) is 15.9 Å². The molecule has 2 aromatic heterocycles. The number of ether oxygens (including phenoxy) is 1. The summed E-state index contributed by atoms with van der Waals surface area (Å²) in [5.41, 5.74) is 0.314. The van der Waals surface area contributed by atoms with Crippen molar-refractivity contribution in [3.63, 3.8) is 0 Å². The molecule has 0 saturated carbocycles. The number of hydrogen-bond donors (Lipinski definition) is 0. The van der Waals surface area contributed by atoms with Gasteiger partial charge in [-0.05, 0) is 35.9 Å². The number of nitrogens with zero attached hydrogens (tertiary/aromatic N) is 1. The Labute approximate surface area is 168 Å². The summed E-state index contributed by atoms with van der Waals surface area (Å²) in [5, 5.41) is 0.607. The van der Waals surface area contributed by atoms with Gasteiger partial charge in [0, 0.05) is 50.2 Å². The van der Waals surface area contributed by atoms with E-state index < -0.39 is 11.6 Å². The average Bonchev–Trinajstić information content (AvgIpc) is 2.54. The number of rotatable bonds is 3. The van der Waals surface area contributed by atoms with Crippen LogP contribution in [0.4, 0.5) is 0 Å². The molecule has 2 heterocycles. The van der Waals surface area contributed by atoms with Crippen LogP contribution in [-0.2, 0) is 38.6 Å². The average molecular weight is 420 g/mol. The Balaban J connectivity index is 0.00000144. The minimum atomic E-state index is -0.792. The third-order valence-electron chi connectivity index (χ3n) is 3.02. The van der Waals surface area contributed by atoms with Gasteiger partial charge in [0.1, 0.15) is 16.9 Å². The number of hydrogen-bond acceptors (Lipinski definition) is 5. The molecule has 0 fully saturated rings. The van der Waals surface area contributed by atoms with E-state index in [1.165, 1.54) is 12.3 Å². The predicted molar refractivity (Wildman–Crippen MR) is 87.7 cm³/mol. The van der Waals surface area contributed by atoms with Gasteiger partial charge in [0.25, 0.3) is 0 Å². The molecule has 0 aliphatic rings. The normalized spacial score (nSPS) is 9.71. The smallest absolute Gasteiger partial charge is 0.351 e. The Morgan fingerprint density at radius 1 is 1.25 bits per heavy atom. The zero-order valence-electron chi connectivity index (χ0n) is 12.9. The third kappa shape index (κ3) is 4.50. The number of halogens is 1. The minimum Gasteiger partial charge on any atom is -0.422 e. The molecule has 24 heavy (non-hydrogen) atoms. The van der Waals surface area contributed by atoms with Gasteiger partial charge in [0.15, 0.2) is 0 Å². The first-order chi connectivity index (χ1) is 10.7. The topological polar surface area (TPSA) is 69.4 Å². The van der Waals surface area contributed by atoms with Gasteiger partial charge in [-0.15, -0.1) is 11.6 Å². The molecule has 5 nitrogen and oxygen atoms in total. The number of fused-ring (bicyclic) bond motifs is 1. The van der Waals surface area contributed by atoms with E-state index in [9.17, 15) is 9.59 Å². The van der Waals surface area contributed by atoms with Gasteiger partial charge in [0.05, 0.1) is 6.20 Å². The SMILES string of the molecule is O=C(Oc1cccnc1)c1cc2cc(CCl)ccc2oc1=O.[CH3-].[Y]. The zero-order valence-corrected chi connectivity index (χ0v) is 16.5. The molecule has 0 spiro atoms. The quantitative estimate of drug-likeness (QED) is 0.281. The van der Waals surface area contributed by atoms with E-state index in [1.807, 2.05) is 0 Å². The van der Waals surface area contributed by atoms with Crippen molar-refractivity contribution in [3.05, 3.63) is 77.8 Å². The fraction of sp³-hybridized carbons (Fsp3) is 0.0588. The van der Waals surface area contributed by atoms with E-state index in [4.69, 9.17) is 20.8 Å². The number of carbonyl (C=O) groups excluding carboxylic acids is 1. The first-order valence-electron chi connectivity index (χ1n) is 6.42. The Morgan fingerprint density at radius 2 is 2.04 bits per heavy atom. The van der Waals surface area contributed by atoms with Gasteiger partial charge in [-0.1, -0.05) is 6.07 Å². The fourth-order valence-electron chi connectivity index (χ4n) is 1.97. The molecule has 0 atom stereocenters. The van der Waals surface area contributed by atoms with Crippen molar-refractivity contribution in [1.29, 1.82) is 0 Å². The molecule has 3 aromatic rings. The first-order valence-corrected chi connectivity index (χ1v) is 6.96. The summed E-state index contributed by atoms with van der Waals surface area (Å²) in [7, 11) is 0. The maximum atomic E-state index is 12.1. The van der Waals surface area contributed by atoms with Crippen LogP contribution in [0.25, 0.3) is 11.0 Å². The first kappa shape index (κ1) is 20.5. The predicted octanol–water partition coefficient (Wildman–Crippen LogP) is 3.59. The number of benzene rings is 1. The van der Waals surface area contributed by atoms with Gasteiger partial charge in [-0.2, -0.15) is 0 Å². The third-order valence-corrected chi connectivity index (χ3v) is 3.32. The second-order valence-corrected chi connectivity index (χ2v) is 4.80. The van der Waals surface area contributed by atoms with Crippen molar-refractivity contribution in [2.75, 3.05) is 0 Å². The monoisotopic (exact) mass is 419 g/mol. The summed E-state index contributed by atoms with van der Waals surface area (Å²) in [5.74, 6) is -0.216. The Morgan fingerprint density at radius 3 is 2.71 bits per heavy atom. The molecule has 7 heteroatoms. The van der Waals surface area contributed by atoms with Crippen LogP contribution in [0.2, 0.25) is 0 Å². The molecule has 0 aliphatic heterocycles. The molecular formula is C17H13ClNO4Y-. The second kappa shape index (κ2) is 9.06. The maximum absolute atomic E-state index is 12.1. The molecule has 0 unspecified atom stereocenters. The van der Waals surface area contributed by atoms with E-state index in [1.54, 1.807) is 36.5 Å². The van der Waals surface area contributed by atoms with E-state index in [0.29, 0.717) is 16.8 Å². The van der Waals surface area contributed by atoms with Crippen LogP contribution in [0.5, 0.6) is 5.75 Å². The fourth-order valence-corrected chi connectivity index (χ4v) is 2.13. The van der Waals surface area contributed by atoms with Gasteiger partial charge < -0.3 is 16.6 Å². The van der Waals surface area contributed by atoms with E-state index in [-0.39, 0.29) is 51.4 Å². The Bertz CT molecular complexity index is 896. The zero-order chi connectivity index (χ0) is 15.5. The molecule has 0 bridgehead atoms. The molecule has 1 radical (unpaired) electrons. The largest absolute Gasteiger partial charge is 0.422 e. The van der Waals surface area contributed by atoms with Crippen molar-refractivity contribution in [1.82, 2.24) is 4.98 Å². The van der Waals surface area contributed by atoms with Crippen LogP contribution in [-0.4, -0.2) is 11.0 Å². The molecule has 0 N–H and O–H groups in total.